The number of hydrogen-bond donors (Lipinski definition) is 6. The Balaban J connectivity index is 0. The van der Waals surface area contributed by atoms with Crippen molar-refractivity contribution in [3.05, 3.63) is 47.9 Å². The molecule has 0 aromatic carbocycles. The Morgan fingerprint density at radius 2 is 1.73 bits per heavy atom. The second kappa shape index (κ2) is 36.7. The Morgan fingerprint density at radius 3 is 2.20 bits per heavy atom. The van der Waals surface area contributed by atoms with Crippen LogP contribution in [0.3, 0.4) is 0 Å². The van der Waals surface area contributed by atoms with E-state index in [0.717, 1.165) is 67.4 Å². The number of methoxy groups -OCH3 is 1. The third-order valence-corrected chi connectivity index (χ3v) is 8.28. The first kappa shape index (κ1) is 50.0. The van der Waals surface area contributed by atoms with Gasteiger partial charge < -0.3 is 48.6 Å². The Kier molecular flexibility index (Phi) is 37.4. The first-order valence-electron chi connectivity index (χ1n) is 17.2. The van der Waals surface area contributed by atoms with Crippen molar-refractivity contribution < 1.29 is 48.5 Å². The minimum absolute atomic E-state index is 0.167. The van der Waals surface area contributed by atoms with Crippen LogP contribution in [0.2, 0.25) is 0 Å². The van der Waals surface area contributed by atoms with Crippen LogP contribution in [-0.2, 0) is 28.0 Å². The fourth-order valence-electron chi connectivity index (χ4n) is 3.93. The SMILES string of the molecule is C1CC2CCOC2O1.CC(C)O.CC/C=C(\C=C/COC)N(O)SNCCCNC.CCOP(COC1=CCC(C)C=C1)OCC.OCO. The summed E-state index contributed by atoms with van der Waals surface area (Å²) in [4.78, 5) is 0. The summed E-state index contributed by atoms with van der Waals surface area (Å²) in [5.41, 5.74) is 0.751. The average molecular weight is 742 g/mol. The van der Waals surface area contributed by atoms with E-state index in [1.165, 1.54) is 25.0 Å². The maximum absolute atomic E-state index is 9.85. The second-order valence-corrected chi connectivity index (χ2v) is 13.2. The van der Waals surface area contributed by atoms with E-state index in [1.54, 1.807) is 21.0 Å². The van der Waals surface area contributed by atoms with Crippen LogP contribution in [0.4, 0.5) is 0 Å². The molecule has 0 aromatic heterocycles. The number of fused-ring (bicyclic) bond motifs is 1. The quantitative estimate of drug-likeness (QED) is 0.0248. The highest BCUT2D eigenvalue weighted by Crippen LogP contribution is 2.38. The summed E-state index contributed by atoms with van der Waals surface area (Å²) in [6, 6.07) is 0. The molecule has 1 aliphatic carbocycles. The molecule has 0 radical (unpaired) electrons. The fraction of sp³-hybridized carbons (Fsp3) is 0.765. The van der Waals surface area contributed by atoms with E-state index >= 15 is 0 Å². The van der Waals surface area contributed by atoms with Crippen molar-refractivity contribution in [2.24, 2.45) is 11.8 Å². The van der Waals surface area contributed by atoms with Gasteiger partial charge in [-0.2, -0.15) is 4.47 Å². The first-order valence-corrected chi connectivity index (χ1v) is 19.3. The third kappa shape index (κ3) is 31.4. The predicted octanol–water partition coefficient (Wildman–Crippen LogP) is 5.85. The molecule has 2 heterocycles. The van der Waals surface area contributed by atoms with E-state index in [4.69, 9.17) is 43.3 Å². The Hall–Kier alpha value is -1.10. The van der Waals surface area contributed by atoms with Crippen molar-refractivity contribution in [2.75, 3.05) is 73.4 Å². The van der Waals surface area contributed by atoms with Gasteiger partial charge in [0.25, 0.3) is 0 Å². The van der Waals surface area contributed by atoms with E-state index in [2.05, 4.69) is 29.1 Å². The number of hydrogen-bond acceptors (Lipinski definition) is 14. The van der Waals surface area contributed by atoms with E-state index < -0.39 is 15.2 Å². The zero-order valence-electron chi connectivity index (χ0n) is 31.2. The lowest BCUT2D eigenvalue weighted by atomic mass is 10.0. The van der Waals surface area contributed by atoms with Crippen LogP contribution in [0.5, 0.6) is 0 Å². The molecule has 0 aromatic rings. The van der Waals surface area contributed by atoms with Crippen LogP contribution in [0.15, 0.2) is 47.9 Å². The van der Waals surface area contributed by atoms with Crippen molar-refractivity contribution in [3.8, 4) is 0 Å². The van der Waals surface area contributed by atoms with Crippen molar-refractivity contribution >= 4 is 20.5 Å². The maximum atomic E-state index is 9.85. The number of nitrogens with one attached hydrogen (secondary N) is 2. The lowest BCUT2D eigenvalue weighted by Crippen LogP contribution is -2.20. The third-order valence-electron chi connectivity index (χ3n) is 6.13. The van der Waals surface area contributed by atoms with Crippen molar-refractivity contribution in [3.63, 3.8) is 0 Å². The summed E-state index contributed by atoms with van der Waals surface area (Å²) >= 11 is 1.18. The van der Waals surface area contributed by atoms with Crippen LogP contribution >= 0.6 is 20.5 Å². The molecular formula is C34H68N3O10PS. The van der Waals surface area contributed by atoms with Gasteiger partial charge in [-0.25, -0.2) is 4.72 Å². The molecule has 49 heavy (non-hydrogen) atoms. The highest BCUT2D eigenvalue weighted by molar-refractivity contribution is 7.95. The number of hydroxylamine groups is 1. The molecule has 0 spiro atoms. The molecule has 13 nitrogen and oxygen atoms in total. The maximum Gasteiger partial charge on any atom is 0.211 e. The Labute approximate surface area is 302 Å². The molecule has 6 N–H and O–H groups in total. The minimum atomic E-state index is -0.894. The number of aliphatic hydroxyl groups is 3. The van der Waals surface area contributed by atoms with Crippen molar-refractivity contribution in [1.29, 1.82) is 0 Å². The number of ether oxygens (including phenoxy) is 4. The Bertz CT molecular complexity index is 826. The van der Waals surface area contributed by atoms with Crippen molar-refractivity contribution in [1.82, 2.24) is 14.5 Å². The summed E-state index contributed by atoms with van der Waals surface area (Å²) in [5, 5.41) is 35.2. The first-order chi connectivity index (χ1) is 23.6. The smallest absolute Gasteiger partial charge is 0.211 e. The molecule has 1 unspecified atom stereocenters. The predicted molar refractivity (Wildman–Crippen MR) is 199 cm³/mol. The summed E-state index contributed by atoms with van der Waals surface area (Å²) < 4.78 is 36.2. The largest absolute Gasteiger partial charge is 0.485 e. The highest BCUT2D eigenvalue weighted by atomic mass is 32.2. The molecule has 290 valence electrons. The minimum Gasteiger partial charge on any atom is -0.485 e. The zero-order chi connectivity index (χ0) is 37.1. The zero-order valence-corrected chi connectivity index (χ0v) is 32.9. The summed E-state index contributed by atoms with van der Waals surface area (Å²) in [7, 11) is 2.67. The molecule has 0 saturated carbocycles. The van der Waals surface area contributed by atoms with Crippen molar-refractivity contribution in [2.45, 2.75) is 86.0 Å². The molecule has 15 heteroatoms. The van der Waals surface area contributed by atoms with Gasteiger partial charge in [0.15, 0.2) is 12.6 Å². The highest BCUT2D eigenvalue weighted by Gasteiger charge is 2.33. The van der Waals surface area contributed by atoms with Gasteiger partial charge >= 0.3 is 0 Å². The second-order valence-electron chi connectivity index (χ2n) is 10.9. The molecule has 2 saturated heterocycles. The molecule has 2 aliphatic heterocycles. The molecule has 2 fully saturated rings. The monoisotopic (exact) mass is 741 g/mol. The van der Waals surface area contributed by atoms with Crippen LogP contribution in [0.25, 0.3) is 0 Å². The average Bonchev–Trinajstić information content (AvgIpc) is 3.71. The number of nitrogens with zero attached hydrogens (tertiary/aromatic N) is 1. The summed E-state index contributed by atoms with van der Waals surface area (Å²) in [6.07, 6.45) is 17.9. The topological polar surface area (TPSA) is 164 Å². The fourth-order valence-corrected chi connectivity index (χ4v) is 5.58. The Morgan fingerprint density at radius 1 is 1.12 bits per heavy atom. The number of rotatable bonds is 18. The van der Waals surface area contributed by atoms with E-state index in [9.17, 15) is 5.21 Å². The molecule has 3 aliphatic rings. The lowest BCUT2D eigenvalue weighted by molar-refractivity contribution is -0.0904. The van der Waals surface area contributed by atoms with Gasteiger partial charge in [-0.1, -0.05) is 32.1 Å². The number of allylic oxidation sites excluding steroid dienone is 5. The van der Waals surface area contributed by atoms with Gasteiger partial charge in [-0.15, -0.1) is 0 Å². The van der Waals surface area contributed by atoms with Crippen LogP contribution < -0.4 is 10.0 Å². The standard InChI is InChI=1S/C12H25N3O2S.C12H21O3P.C6H10O2.C3H8O.CH4O2/c1-4-7-12(8-5-11-17-3)15(16)18-14-10-6-9-13-2;1-4-14-16(15-5-2)10-13-12-8-6-11(3)7-9-12;1-3-7-6-5(1)2-4-8-6;1-3(2)4;2-1-3/h5,7-8,13-14,16H,4,6,9-11H2,1-3H3;6,8-9,11H,4-5,7,10H2,1-3H3;5-6H,1-4H2;3-4H,1-2H3;2-3H,1H2/b8-5-,12-7+;;;;. The molecular weight excluding hydrogens is 673 g/mol. The molecule has 1 atom stereocenters. The normalized spacial score (nSPS) is 19.5. The van der Waals surface area contributed by atoms with Gasteiger partial charge in [0, 0.05) is 25.7 Å². The van der Waals surface area contributed by atoms with Gasteiger partial charge in [-0.3, -0.25) is 5.21 Å². The molecule has 0 bridgehead atoms. The molecule has 3 rings (SSSR count). The van der Waals surface area contributed by atoms with Crippen LogP contribution in [0, 0.1) is 11.8 Å². The van der Waals surface area contributed by atoms with E-state index in [-0.39, 0.29) is 12.4 Å². The van der Waals surface area contributed by atoms with Crippen LogP contribution in [-0.4, -0.2) is 111 Å². The van der Waals surface area contributed by atoms with Gasteiger partial charge in [-0.05, 0) is 97.5 Å². The molecule has 0 amide bonds. The van der Waals surface area contributed by atoms with Gasteiger partial charge in [0.05, 0.1) is 50.9 Å². The van der Waals surface area contributed by atoms with Gasteiger partial charge in [0.2, 0.25) is 8.38 Å². The number of aliphatic hydroxyl groups excluding tert-OH is 2. The van der Waals surface area contributed by atoms with E-state index in [1.807, 2.05) is 52.1 Å². The van der Waals surface area contributed by atoms with Gasteiger partial charge in [0.1, 0.15) is 12.6 Å². The summed E-state index contributed by atoms with van der Waals surface area (Å²) in [5.74, 6) is 2.28. The van der Waals surface area contributed by atoms with E-state index in [0.29, 0.717) is 32.1 Å². The summed E-state index contributed by atoms with van der Waals surface area (Å²) in [6.45, 7) is 16.3. The lowest BCUT2D eigenvalue weighted by Gasteiger charge is -2.18. The van der Waals surface area contributed by atoms with Crippen LogP contribution in [0.1, 0.15) is 73.6 Å².